The fraction of sp³-hybridized carbons (Fsp3) is 0.381. The molecule has 0 amide bonds. The second-order valence-corrected chi connectivity index (χ2v) is 7.54. The smallest absolute Gasteiger partial charge is 0.175 e. The third-order valence-corrected chi connectivity index (χ3v) is 5.42. The molecule has 1 aliphatic rings. The van der Waals surface area contributed by atoms with Crippen LogP contribution >= 0.6 is 0 Å². The maximum Gasteiger partial charge on any atom is 0.175 e. The summed E-state index contributed by atoms with van der Waals surface area (Å²) in [4.78, 5) is 9.21. The number of aromatic nitrogens is 3. The molecule has 7 heteroatoms. The molecule has 0 bridgehead atoms. The van der Waals surface area contributed by atoms with Crippen molar-refractivity contribution in [1.29, 1.82) is 5.26 Å². The van der Waals surface area contributed by atoms with Crippen molar-refractivity contribution in [1.82, 2.24) is 19.5 Å². The van der Waals surface area contributed by atoms with Gasteiger partial charge in [0.05, 0.1) is 6.20 Å². The first-order valence-corrected chi connectivity index (χ1v) is 9.59. The summed E-state index contributed by atoms with van der Waals surface area (Å²) in [7, 11) is 4.33. The Labute approximate surface area is 165 Å². The number of fused-ring (bicyclic) bond motifs is 1. The highest BCUT2D eigenvalue weighted by molar-refractivity contribution is 5.65. The van der Waals surface area contributed by atoms with Gasteiger partial charge in [-0.15, -0.1) is 0 Å². The summed E-state index contributed by atoms with van der Waals surface area (Å²) < 4.78 is 1.67. The minimum Gasteiger partial charge on any atom is -0.371 e. The van der Waals surface area contributed by atoms with Gasteiger partial charge in [0.15, 0.2) is 5.65 Å². The van der Waals surface area contributed by atoms with Gasteiger partial charge < -0.3 is 15.1 Å². The molecule has 3 heterocycles. The molecule has 144 valence electrons. The Morgan fingerprint density at radius 1 is 1.18 bits per heavy atom. The normalized spacial score (nSPS) is 15.2. The molecule has 0 unspecified atom stereocenters. The van der Waals surface area contributed by atoms with Crippen molar-refractivity contribution in [2.45, 2.75) is 25.8 Å². The fourth-order valence-corrected chi connectivity index (χ4v) is 3.80. The Morgan fingerprint density at radius 3 is 2.54 bits per heavy atom. The number of anilines is 3. The van der Waals surface area contributed by atoms with Crippen LogP contribution in [0.4, 0.5) is 17.2 Å². The number of nitrogens with zero attached hydrogens (tertiary/aromatic N) is 6. The molecule has 1 saturated heterocycles. The lowest BCUT2D eigenvalue weighted by atomic mass is 10.0. The summed E-state index contributed by atoms with van der Waals surface area (Å²) in [6, 6.07) is 13.2. The van der Waals surface area contributed by atoms with Crippen molar-refractivity contribution < 1.29 is 0 Å². The van der Waals surface area contributed by atoms with Gasteiger partial charge in [-0.25, -0.2) is 4.98 Å². The van der Waals surface area contributed by atoms with E-state index in [1.807, 2.05) is 13.0 Å². The monoisotopic (exact) mass is 375 g/mol. The van der Waals surface area contributed by atoms with Crippen LogP contribution < -0.4 is 10.2 Å². The van der Waals surface area contributed by atoms with Gasteiger partial charge in [-0.3, -0.25) is 0 Å². The summed E-state index contributed by atoms with van der Waals surface area (Å²) in [6.07, 6.45) is 3.94. The molecule has 1 N–H and O–H groups in total. The largest absolute Gasteiger partial charge is 0.371 e. The van der Waals surface area contributed by atoms with Crippen LogP contribution in [-0.4, -0.2) is 52.7 Å². The maximum atomic E-state index is 9.23. The van der Waals surface area contributed by atoms with Crippen molar-refractivity contribution in [3.63, 3.8) is 0 Å². The highest BCUT2D eigenvalue weighted by Gasteiger charge is 2.20. The lowest BCUT2D eigenvalue weighted by Crippen LogP contribution is -2.41. The van der Waals surface area contributed by atoms with Gasteiger partial charge >= 0.3 is 0 Å². The molecular weight excluding hydrogens is 350 g/mol. The molecular formula is C21H25N7. The Hall–Kier alpha value is -3.11. The van der Waals surface area contributed by atoms with Crippen LogP contribution in [0, 0.1) is 18.3 Å². The van der Waals surface area contributed by atoms with E-state index >= 15 is 0 Å². The molecule has 1 aromatic carbocycles. The average molecular weight is 375 g/mol. The molecule has 1 aliphatic heterocycles. The van der Waals surface area contributed by atoms with Crippen LogP contribution in [0.1, 0.15) is 24.1 Å². The third-order valence-electron chi connectivity index (χ3n) is 5.42. The Kier molecular flexibility index (Phi) is 4.88. The summed E-state index contributed by atoms with van der Waals surface area (Å²) in [5, 5.41) is 16.9. The predicted molar refractivity (Wildman–Crippen MR) is 111 cm³/mol. The zero-order valence-corrected chi connectivity index (χ0v) is 16.6. The van der Waals surface area contributed by atoms with Gasteiger partial charge in [0.2, 0.25) is 0 Å². The summed E-state index contributed by atoms with van der Waals surface area (Å²) in [5.41, 5.74) is 4.12. The third kappa shape index (κ3) is 3.51. The molecule has 28 heavy (non-hydrogen) atoms. The zero-order valence-electron chi connectivity index (χ0n) is 16.6. The van der Waals surface area contributed by atoms with Gasteiger partial charge in [-0.2, -0.15) is 14.9 Å². The zero-order chi connectivity index (χ0) is 19.7. The topological polar surface area (TPSA) is 72.5 Å². The minimum absolute atomic E-state index is 0.475. The van der Waals surface area contributed by atoms with Gasteiger partial charge in [0.25, 0.3) is 0 Å². The Bertz CT molecular complexity index is 1010. The van der Waals surface area contributed by atoms with Gasteiger partial charge in [-0.05, 0) is 58.1 Å². The molecule has 1 fully saturated rings. The van der Waals surface area contributed by atoms with Crippen molar-refractivity contribution in [3.05, 3.63) is 47.8 Å². The highest BCUT2D eigenvalue weighted by atomic mass is 15.3. The number of hydrogen-bond acceptors (Lipinski definition) is 6. The first-order valence-electron chi connectivity index (χ1n) is 9.59. The number of hydrogen-bond donors (Lipinski definition) is 1. The molecule has 0 radical (unpaired) electrons. The first kappa shape index (κ1) is 18.3. The van der Waals surface area contributed by atoms with E-state index in [4.69, 9.17) is 0 Å². The van der Waals surface area contributed by atoms with Crippen LogP contribution in [0.2, 0.25) is 0 Å². The maximum absolute atomic E-state index is 9.23. The van der Waals surface area contributed by atoms with Crippen LogP contribution in [0.25, 0.3) is 5.65 Å². The number of benzene rings is 1. The van der Waals surface area contributed by atoms with Gasteiger partial charge in [-0.1, -0.05) is 0 Å². The number of piperidine rings is 1. The summed E-state index contributed by atoms with van der Waals surface area (Å²) >= 11 is 0. The second kappa shape index (κ2) is 7.49. The minimum atomic E-state index is 0.475. The quantitative estimate of drug-likeness (QED) is 0.755. The van der Waals surface area contributed by atoms with E-state index < -0.39 is 0 Å². The SMILES string of the molecule is Cc1cc(Nc2ccc(N3CCC(N(C)C)CC3)cc2)n2ncc(C#N)c2n1. The number of aryl methyl sites for hydroxylation is 1. The second-order valence-electron chi connectivity index (χ2n) is 7.54. The van der Waals surface area contributed by atoms with Crippen LogP contribution in [0.5, 0.6) is 0 Å². The standard InChI is InChI=1S/C21H25N7/c1-15-12-20(28-21(24-15)16(13-22)14-23-28)25-17-4-6-19(7-5-17)27-10-8-18(9-11-27)26(2)3/h4-7,12,14,18,25H,8-11H2,1-3H3. The molecule has 0 atom stereocenters. The number of rotatable bonds is 4. The molecule has 2 aromatic heterocycles. The first-order chi connectivity index (χ1) is 13.5. The van der Waals surface area contributed by atoms with Crippen LogP contribution in [-0.2, 0) is 0 Å². The molecule has 0 saturated carbocycles. The number of nitrogens with one attached hydrogen (secondary N) is 1. The molecule has 0 spiro atoms. The van der Waals surface area contributed by atoms with Gasteiger partial charge in [0, 0.05) is 42.3 Å². The molecule has 7 nitrogen and oxygen atoms in total. The van der Waals surface area contributed by atoms with E-state index in [0.29, 0.717) is 17.3 Å². The average Bonchev–Trinajstić information content (AvgIpc) is 3.11. The Balaban J connectivity index is 1.51. The van der Waals surface area contributed by atoms with Crippen molar-refractivity contribution in [3.8, 4) is 6.07 Å². The van der Waals surface area contributed by atoms with E-state index in [2.05, 4.69) is 69.6 Å². The van der Waals surface area contributed by atoms with E-state index in [1.54, 1.807) is 10.7 Å². The van der Waals surface area contributed by atoms with Crippen molar-refractivity contribution in [2.24, 2.45) is 0 Å². The van der Waals surface area contributed by atoms with Crippen LogP contribution in [0.15, 0.2) is 36.5 Å². The van der Waals surface area contributed by atoms with Crippen molar-refractivity contribution in [2.75, 3.05) is 37.4 Å². The highest BCUT2D eigenvalue weighted by Crippen LogP contribution is 2.25. The lowest BCUT2D eigenvalue weighted by Gasteiger charge is -2.36. The number of nitriles is 1. The van der Waals surface area contributed by atoms with E-state index in [9.17, 15) is 5.26 Å². The van der Waals surface area contributed by atoms with Crippen LogP contribution in [0.3, 0.4) is 0 Å². The molecule has 0 aliphatic carbocycles. The van der Waals surface area contributed by atoms with E-state index in [1.165, 1.54) is 18.5 Å². The lowest BCUT2D eigenvalue weighted by molar-refractivity contribution is 0.249. The Morgan fingerprint density at radius 2 is 1.89 bits per heavy atom. The van der Waals surface area contributed by atoms with Crippen molar-refractivity contribution >= 4 is 22.8 Å². The summed E-state index contributed by atoms with van der Waals surface area (Å²) in [6.45, 7) is 4.09. The van der Waals surface area contributed by atoms with E-state index in [-0.39, 0.29) is 0 Å². The molecule has 4 rings (SSSR count). The molecule has 3 aromatic rings. The fourth-order valence-electron chi connectivity index (χ4n) is 3.80. The van der Waals surface area contributed by atoms with E-state index in [0.717, 1.165) is 30.3 Å². The van der Waals surface area contributed by atoms with Gasteiger partial charge in [0.1, 0.15) is 17.5 Å². The summed E-state index contributed by atoms with van der Waals surface area (Å²) in [5.74, 6) is 0.795. The predicted octanol–water partition coefficient (Wildman–Crippen LogP) is 3.18.